The number of nitrogens with one attached hydrogen (secondary N) is 2. The summed E-state index contributed by atoms with van der Waals surface area (Å²) < 4.78 is 12.2. The van der Waals surface area contributed by atoms with Crippen molar-refractivity contribution < 1.29 is 4.57 Å². The third kappa shape index (κ3) is 5.81. The Balaban J connectivity index is 1.81. The molecule has 29 heavy (non-hydrogen) atoms. The summed E-state index contributed by atoms with van der Waals surface area (Å²) in [5.74, 6) is 1.52. The van der Waals surface area contributed by atoms with Crippen molar-refractivity contribution in [2.45, 2.75) is 20.3 Å². The lowest BCUT2D eigenvalue weighted by molar-refractivity contribution is 0.588. The van der Waals surface area contributed by atoms with Crippen LogP contribution in [0.1, 0.15) is 19.4 Å². The third-order valence-electron chi connectivity index (χ3n) is 4.39. The highest BCUT2D eigenvalue weighted by atomic mass is 35.5. The van der Waals surface area contributed by atoms with E-state index in [0.29, 0.717) is 22.7 Å². The van der Waals surface area contributed by atoms with E-state index in [0.717, 1.165) is 23.1 Å². The summed E-state index contributed by atoms with van der Waals surface area (Å²) in [6.45, 7) is 7.90. The van der Waals surface area contributed by atoms with Gasteiger partial charge < -0.3 is 15.2 Å². The lowest BCUT2D eigenvalue weighted by Gasteiger charge is -2.15. The van der Waals surface area contributed by atoms with Gasteiger partial charge in [-0.05, 0) is 61.6 Å². The Hall–Kier alpha value is -2.36. The summed E-state index contributed by atoms with van der Waals surface area (Å²) in [6.07, 6.45) is 2.53. The van der Waals surface area contributed by atoms with E-state index in [9.17, 15) is 4.57 Å². The average Bonchev–Trinajstić information content (AvgIpc) is 2.65. The normalized spacial score (nSPS) is 11.5. The molecule has 0 saturated heterocycles. The fourth-order valence-electron chi connectivity index (χ4n) is 2.94. The van der Waals surface area contributed by atoms with Crippen LogP contribution < -0.4 is 15.9 Å². The molecular formula is C22H26ClN4OP. The molecule has 0 spiro atoms. The van der Waals surface area contributed by atoms with Crippen molar-refractivity contribution in [2.24, 2.45) is 5.92 Å². The van der Waals surface area contributed by atoms with Gasteiger partial charge in [-0.15, -0.1) is 0 Å². The van der Waals surface area contributed by atoms with Crippen LogP contribution in [0.3, 0.4) is 0 Å². The Bertz CT molecular complexity index is 1030. The summed E-state index contributed by atoms with van der Waals surface area (Å²) in [4.78, 5) is 8.80. The average molecular weight is 429 g/mol. The molecule has 0 bridgehead atoms. The quantitative estimate of drug-likeness (QED) is 0.447. The van der Waals surface area contributed by atoms with Gasteiger partial charge in [0.2, 0.25) is 5.95 Å². The Morgan fingerprint density at radius 2 is 1.72 bits per heavy atom. The third-order valence-corrected chi connectivity index (χ3v) is 6.21. The molecule has 3 rings (SSSR count). The molecule has 0 aliphatic heterocycles. The van der Waals surface area contributed by atoms with Crippen LogP contribution in [0.4, 0.5) is 23.1 Å². The number of aromatic nitrogens is 2. The van der Waals surface area contributed by atoms with Crippen molar-refractivity contribution in [3.05, 3.63) is 65.3 Å². The highest BCUT2D eigenvalue weighted by Gasteiger charge is 2.12. The van der Waals surface area contributed by atoms with Gasteiger partial charge in [0.15, 0.2) is 5.82 Å². The van der Waals surface area contributed by atoms with Crippen LogP contribution in [0.2, 0.25) is 5.02 Å². The summed E-state index contributed by atoms with van der Waals surface area (Å²) in [5.41, 5.74) is 3.01. The first-order valence-corrected chi connectivity index (χ1v) is 12.5. The lowest BCUT2D eigenvalue weighted by atomic mass is 10.0. The second kappa shape index (κ2) is 8.98. The van der Waals surface area contributed by atoms with Crippen LogP contribution in [-0.4, -0.2) is 23.3 Å². The van der Waals surface area contributed by atoms with Gasteiger partial charge in [0, 0.05) is 16.7 Å². The number of anilines is 4. The summed E-state index contributed by atoms with van der Waals surface area (Å²) in [6, 6.07) is 15.6. The molecule has 0 aliphatic rings. The predicted molar refractivity (Wildman–Crippen MR) is 124 cm³/mol. The first-order chi connectivity index (χ1) is 13.7. The van der Waals surface area contributed by atoms with Gasteiger partial charge in [-0.2, -0.15) is 4.98 Å². The monoisotopic (exact) mass is 428 g/mol. The van der Waals surface area contributed by atoms with Gasteiger partial charge in [-0.1, -0.05) is 43.6 Å². The maximum atomic E-state index is 12.2. The van der Waals surface area contributed by atoms with Crippen molar-refractivity contribution in [3.8, 4) is 0 Å². The number of nitrogens with zero attached hydrogens (tertiary/aromatic N) is 2. The number of rotatable bonds is 7. The number of hydrogen-bond acceptors (Lipinski definition) is 5. The Kier molecular flexibility index (Phi) is 6.61. The number of para-hydroxylation sites is 1. The minimum atomic E-state index is -2.28. The SMILES string of the molecule is CC(C)Cc1ccccc1Nc1nc(Nc2ccc(P(C)(C)=O)cc2)ncc1Cl. The van der Waals surface area contributed by atoms with Gasteiger partial charge in [0.25, 0.3) is 0 Å². The maximum absolute atomic E-state index is 12.2. The maximum Gasteiger partial charge on any atom is 0.229 e. The van der Waals surface area contributed by atoms with Crippen molar-refractivity contribution in [1.29, 1.82) is 0 Å². The topological polar surface area (TPSA) is 66.9 Å². The van der Waals surface area contributed by atoms with E-state index in [2.05, 4.69) is 40.5 Å². The highest BCUT2D eigenvalue weighted by molar-refractivity contribution is 7.70. The van der Waals surface area contributed by atoms with E-state index in [1.165, 1.54) is 5.56 Å². The van der Waals surface area contributed by atoms with Crippen molar-refractivity contribution in [2.75, 3.05) is 24.0 Å². The number of hydrogen-bond donors (Lipinski definition) is 2. The van der Waals surface area contributed by atoms with Crippen molar-refractivity contribution >= 4 is 47.2 Å². The molecule has 1 heterocycles. The molecule has 0 atom stereocenters. The smallest absolute Gasteiger partial charge is 0.229 e. The lowest BCUT2D eigenvalue weighted by Crippen LogP contribution is -2.05. The molecule has 7 heteroatoms. The molecule has 1 aromatic heterocycles. The summed E-state index contributed by atoms with van der Waals surface area (Å²) in [7, 11) is -2.28. The zero-order chi connectivity index (χ0) is 21.0. The van der Waals surface area contributed by atoms with Gasteiger partial charge in [0.05, 0.1) is 6.20 Å². The van der Waals surface area contributed by atoms with Crippen LogP contribution in [0, 0.1) is 5.92 Å². The molecule has 3 aromatic rings. The fraction of sp³-hybridized carbons (Fsp3) is 0.273. The molecule has 0 unspecified atom stereocenters. The Morgan fingerprint density at radius 1 is 1.03 bits per heavy atom. The van der Waals surface area contributed by atoms with E-state index in [4.69, 9.17) is 11.6 Å². The van der Waals surface area contributed by atoms with Crippen LogP contribution in [0.5, 0.6) is 0 Å². The van der Waals surface area contributed by atoms with E-state index in [1.807, 2.05) is 42.5 Å². The second-order valence-corrected chi connectivity index (χ2v) is 11.4. The molecule has 0 radical (unpaired) electrons. The first-order valence-electron chi connectivity index (χ1n) is 9.52. The molecular weight excluding hydrogens is 403 g/mol. The minimum Gasteiger partial charge on any atom is -0.339 e. The van der Waals surface area contributed by atoms with Crippen molar-refractivity contribution in [1.82, 2.24) is 9.97 Å². The van der Waals surface area contributed by atoms with Crippen LogP contribution >= 0.6 is 18.7 Å². The Morgan fingerprint density at radius 3 is 2.38 bits per heavy atom. The minimum absolute atomic E-state index is 0.433. The van der Waals surface area contributed by atoms with E-state index < -0.39 is 7.14 Å². The molecule has 0 aliphatic carbocycles. The van der Waals surface area contributed by atoms with Gasteiger partial charge in [-0.3, -0.25) is 0 Å². The van der Waals surface area contributed by atoms with Gasteiger partial charge >= 0.3 is 0 Å². The summed E-state index contributed by atoms with van der Waals surface area (Å²) >= 11 is 6.33. The molecule has 0 fully saturated rings. The zero-order valence-electron chi connectivity index (χ0n) is 17.1. The molecule has 0 saturated carbocycles. The zero-order valence-corrected chi connectivity index (χ0v) is 18.8. The van der Waals surface area contributed by atoms with E-state index in [1.54, 1.807) is 19.5 Å². The molecule has 2 N–H and O–H groups in total. The van der Waals surface area contributed by atoms with E-state index >= 15 is 0 Å². The van der Waals surface area contributed by atoms with Gasteiger partial charge in [-0.25, -0.2) is 4.98 Å². The first kappa shape index (κ1) is 21.4. The standard InChI is InChI=1S/C22H26ClN4OP/c1-15(2)13-16-7-5-6-8-20(16)26-21-19(23)14-24-22(27-21)25-17-9-11-18(12-10-17)29(3,4)28/h5-12,14-15H,13H2,1-4H3,(H2,24,25,26,27). The largest absolute Gasteiger partial charge is 0.339 e. The van der Waals surface area contributed by atoms with E-state index in [-0.39, 0.29) is 0 Å². The summed E-state index contributed by atoms with van der Waals surface area (Å²) in [5, 5.41) is 7.80. The van der Waals surface area contributed by atoms with Crippen LogP contribution in [-0.2, 0) is 11.0 Å². The molecule has 2 aromatic carbocycles. The molecule has 5 nitrogen and oxygen atoms in total. The van der Waals surface area contributed by atoms with Crippen molar-refractivity contribution in [3.63, 3.8) is 0 Å². The van der Waals surface area contributed by atoms with Crippen LogP contribution in [0.15, 0.2) is 54.7 Å². The van der Waals surface area contributed by atoms with Gasteiger partial charge in [0.1, 0.15) is 12.2 Å². The highest BCUT2D eigenvalue weighted by Crippen LogP contribution is 2.35. The molecule has 152 valence electrons. The predicted octanol–water partition coefficient (Wildman–Crippen LogP) is 6.06. The molecule has 0 amide bonds. The number of benzene rings is 2. The fourth-order valence-corrected chi connectivity index (χ4v) is 3.94. The number of halogens is 1. The second-order valence-electron chi connectivity index (χ2n) is 7.79. The Labute approximate surface area is 177 Å². The van der Waals surface area contributed by atoms with Crippen LogP contribution in [0.25, 0.3) is 0 Å².